The van der Waals surface area contributed by atoms with E-state index in [4.69, 9.17) is 10.8 Å². The first-order chi connectivity index (χ1) is 7.41. The quantitative estimate of drug-likeness (QED) is 0.791. The number of nitrogens with two attached hydrogens (primary N) is 1. The van der Waals surface area contributed by atoms with Gasteiger partial charge in [-0.1, -0.05) is 20.8 Å². The highest BCUT2D eigenvalue weighted by Crippen LogP contribution is 2.30. The van der Waals surface area contributed by atoms with Gasteiger partial charge in [-0.25, -0.2) is 9.78 Å². The Balaban J connectivity index is 2.94. The molecule has 88 valence electrons. The van der Waals surface area contributed by atoms with Gasteiger partial charge in [-0.05, 0) is 18.1 Å². The van der Waals surface area contributed by atoms with Crippen LogP contribution in [0.15, 0.2) is 17.2 Å². The van der Waals surface area contributed by atoms with E-state index in [-0.39, 0.29) is 5.69 Å². The summed E-state index contributed by atoms with van der Waals surface area (Å²) in [6, 6.07) is 3.01. The molecule has 1 aromatic heterocycles. The number of aromatic nitrogens is 1. The van der Waals surface area contributed by atoms with Crippen molar-refractivity contribution in [2.75, 3.05) is 5.73 Å². The molecule has 0 aromatic carbocycles. The van der Waals surface area contributed by atoms with E-state index < -0.39 is 5.97 Å². The Morgan fingerprint density at radius 1 is 1.44 bits per heavy atom. The summed E-state index contributed by atoms with van der Waals surface area (Å²) in [5.74, 6) is -0.543. The molecule has 1 rings (SSSR count). The monoisotopic (exact) mass is 240 g/mol. The lowest BCUT2D eigenvalue weighted by atomic mass is 10.2. The van der Waals surface area contributed by atoms with Crippen LogP contribution < -0.4 is 5.73 Å². The molecule has 0 saturated carbocycles. The second-order valence-electron chi connectivity index (χ2n) is 3.96. The zero-order chi connectivity index (χ0) is 12.3. The first kappa shape index (κ1) is 12.8. The van der Waals surface area contributed by atoms with Crippen LogP contribution in [0.4, 0.5) is 5.69 Å². The topological polar surface area (TPSA) is 76.2 Å². The van der Waals surface area contributed by atoms with Crippen molar-refractivity contribution in [2.45, 2.75) is 31.0 Å². The highest BCUT2D eigenvalue weighted by Gasteiger charge is 2.14. The van der Waals surface area contributed by atoms with Crippen molar-refractivity contribution in [3.63, 3.8) is 0 Å². The minimum Gasteiger partial charge on any atom is -0.477 e. The summed E-state index contributed by atoms with van der Waals surface area (Å²) in [5, 5.41) is 9.78. The van der Waals surface area contributed by atoms with Crippen molar-refractivity contribution in [1.29, 1.82) is 0 Å². The number of carboxylic acids is 1. The lowest BCUT2D eigenvalue weighted by molar-refractivity contribution is 0.0690. The molecule has 0 aliphatic heterocycles. The number of carbonyl (C=O) groups is 1. The van der Waals surface area contributed by atoms with Crippen molar-refractivity contribution in [3.8, 4) is 0 Å². The van der Waals surface area contributed by atoms with Crippen LogP contribution in [-0.2, 0) is 0 Å². The van der Waals surface area contributed by atoms with Crippen LogP contribution in [0.1, 0.15) is 31.3 Å². The molecule has 1 unspecified atom stereocenters. The minimum absolute atomic E-state index is 0.0349. The maximum absolute atomic E-state index is 10.8. The van der Waals surface area contributed by atoms with Gasteiger partial charge < -0.3 is 10.8 Å². The van der Waals surface area contributed by atoms with E-state index in [0.717, 1.165) is 0 Å². The summed E-state index contributed by atoms with van der Waals surface area (Å²) in [6.45, 7) is 6.29. The van der Waals surface area contributed by atoms with E-state index >= 15 is 0 Å². The van der Waals surface area contributed by atoms with Gasteiger partial charge in [-0.15, -0.1) is 11.8 Å². The van der Waals surface area contributed by atoms with Crippen molar-refractivity contribution in [2.24, 2.45) is 5.92 Å². The highest BCUT2D eigenvalue weighted by molar-refractivity contribution is 8.00. The molecule has 16 heavy (non-hydrogen) atoms. The van der Waals surface area contributed by atoms with Gasteiger partial charge in [-0.2, -0.15) is 0 Å². The number of nitrogen functional groups attached to an aromatic ring is 1. The minimum atomic E-state index is -1.03. The number of hydrogen-bond acceptors (Lipinski definition) is 4. The number of carboxylic acid groups (broad SMARTS) is 1. The van der Waals surface area contributed by atoms with Gasteiger partial charge in [0.2, 0.25) is 0 Å². The zero-order valence-electron chi connectivity index (χ0n) is 9.60. The first-order valence-electron chi connectivity index (χ1n) is 5.08. The Hall–Kier alpha value is -1.23. The Morgan fingerprint density at radius 3 is 2.56 bits per heavy atom. The third-order valence-electron chi connectivity index (χ3n) is 2.35. The number of rotatable bonds is 4. The molecule has 1 atom stereocenters. The number of aromatic carboxylic acids is 1. The smallest absolute Gasteiger partial charge is 0.354 e. The predicted octanol–water partition coefficient (Wildman–Crippen LogP) is 2.50. The summed E-state index contributed by atoms with van der Waals surface area (Å²) < 4.78 is 0. The van der Waals surface area contributed by atoms with Crippen molar-refractivity contribution in [1.82, 2.24) is 4.98 Å². The predicted molar refractivity (Wildman–Crippen MR) is 65.8 cm³/mol. The fraction of sp³-hybridized carbons (Fsp3) is 0.455. The van der Waals surface area contributed by atoms with Crippen molar-refractivity contribution in [3.05, 3.63) is 17.8 Å². The molecular weight excluding hydrogens is 224 g/mol. The Labute approximate surface area is 99.3 Å². The molecule has 0 saturated heterocycles. The molecular formula is C11H16N2O2S. The fourth-order valence-electron chi connectivity index (χ4n) is 0.977. The number of anilines is 1. The van der Waals surface area contributed by atoms with Gasteiger partial charge in [-0.3, -0.25) is 0 Å². The number of nitrogens with zero attached hydrogens (tertiary/aromatic N) is 1. The van der Waals surface area contributed by atoms with E-state index in [2.05, 4.69) is 25.8 Å². The first-order valence-corrected chi connectivity index (χ1v) is 5.96. The van der Waals surface area contributed by atoms with Crippen LogP contribution in [0.2, 0.25) is 0 Å². The third kappa shape index (κ3) is 3.13. The van der Waals surface area contributed by atoms with Gasteiger partial charge in [0.1, 0.15) is 10.7 Å². The summed E-state index contributed by atoms with van der Waals surface area (Å²) in [5.41, 5.74) is 6.33. The second-order valence-corrected chi connectivity index (χ2v) is 5.33. The van der Waals surface area contributed by atoms with E-state index in [1.807, 2.05) is 0 Å². The Kier molecular flexibility index (Phi) is 4.18. The molecule has 0 aliphatic carbocycles. The summed E-state index contributed by atoms with van der Waals surface area (Å²) in [4.78, 5) is 14.8. The molecule has 3 N–H and O–H groups in total. The normalized spacial score (nSPS) is 12.8. The fourth-order valence-corrected chi connectivity index (χ4v) is 1.96. The molecule has 1 aromatic rings. The molecule has 0 spiro atoms. The molecule has 0 bridgehead atoms. The van der Waals surface area contributed by atoms with Gasteiger partial charge in [0.15, 0.2) is 0 Å². The molecule has 0 radical (unpaired) electrons. The van der Waals surface area contributed by atoms with E-state index in [0.29, 0.717) is 21.9 Å². The molecule has 0 aliphatic rings. The molecule has 0 fully saturated rings. The van der Waals surface area contributed by atoms with Crippen LogP contribution in [0.3, 0.4) is 0 Å². The maximum Gasteiger partial charge on any atom is 0.354 e. The molecule has 1 heterocycles. The number of thioether (sulfide) groups is 1. The number of pyridine rings is 1. The van der Waals surface area contributed by atoms with E-state index in [1.165, 1.54) is 17.8 Å². The van der Waals surface area contributed by atoms with Crippen LogP contribution in [0, 0.1) is 5.92 Å². The van der Waals surface area contributed by atoms with Gasteiger partial charge in [0.25, 0.3) is 0 Å². The van der Waals surface area contributed by atoms with E-state index in [9.17, 15) is 4.79 Å². The number of hydrogen-bond donors (Lipinski definition) is 2. The summed E-state index contributed by atoms with van der Waals surface area (Å²) >= 11 is 1.51. The van der Waals surface area contributed by atoms with Crippen LogP contribution in [-0.4, -0.2) is 21.3 Å². The highest BCUT2D eigenvalue weighted by atomic mass is 32.2. The lowest BCUT2D eigenvalue weighted by Gasteiger charge is -2.15. The summed E-state index contributed by atoms with van der Waals surface area (Å²) in [6.07, 6.45) is 0. The van der Waals surface area contributed by atoms with Gasteiger partial charge in [0.05, 0.1) is 5.69 Å². The lowest BCUT2D eigenvalue weighted by Crippen LogP contribution is -2.08. The Bertz CT molecular complexity index is 394. The largest absolute Gasteiger partial charge is 0.477 e. The van der Waals surface area contributed by atoms with Gasteiger partial charge >= 0.3 is 5.97 Å². The van der Waals surface area contributed by atoms with Crippen LogP contribution in [0.5, 0.6) is 0 Å². The zero-order valence-corrected chi connectivity index (χ0v) is 10.4. The Morgan fingerprint density at radius 2 is 2.06 bits per heavy atom. The van der Waals surface area contributed by atoms with Crippen LogP contribution >= 0.6 is 11.8 Å². The second kappa shape index (κ2) is 5.21. The summed E-state index contributed by atoms with van der Waals surface area (Å²) in [7, 11) is 0. The average Bonchev–Trinajstić information content (AvgIpc) is 2.20. The van der Waals surface area contributed by atoms with Crippen LogP contribution in [0.25, 0.3) is 0 Å². The molecule has 5 heteroatoms. The maximum atomic E-state index is 10.8. The SMILES string of the molecule is CC(C)C(C)Sc1nc(C(=O)O)ccc1N. The molecule has 0 amide bonds. The van der Waals surface area contributed by atoms with Crippen molar-refractivity contribution >= 4 is 23.4 Å². The van der Waals surface area contributed by atoms with Crippen molar-refractivity contribution < 1.29 is 9.90 Å². The molecule has 4 nitrogen and oxygen atoms in total. The van der Waals surface area contributed by atoms with E-state index in [1.54, 1.807) is 6.07 Å². The van der Waals surface area contributed by atoms with Gasteiger partial charge in [0, 0.05) is 5.25 Å². The third-order valence-corrected chi connectivity index (χ3v) is 3.81. The average molecular weight is 240 g/mol. The standard InChI is InChI=1S/C11H16N2O2S/c1-6(2)7(3)16-10-8(12)4-5-9(13-10)11(14)15/h4-7H,12H2,1-3H3,(H,14,15).